The monoisotopic (exact) mass is 222 g/mol. The van der Waals surface area contributed by atoms with Crippen LogP contribution in [0.5, 0.6) is 0 Å². The van der Waals surface area contributed by atoms with Crippen molar-refractivity contribution < 1.29 is 0 Å². The van der Waals surface area contributed by atoms with E-state index in [1.54, 1.807) is 0 Å². The van der Waals surface area contributed by atoms with Gasteiger partial charge in [0, 0.05) is 6.54 Å². The van der Waals surface area contributed by atoms with E-state index in [0.29, 0.717) is 6.04 Å². The summed E-state index contributed by atoms with van der Waals surface area (Å²) in [6, 6.07) is 19.7. The van der Waals surface area contributed by atoms with E-state index < -0.39 is 0 Å². The predicted octanol–water partition coefficient (Wildman–Crippen LogP) is 3.13. The van der Waals surface area contributed by atoms with Crippen molar-refractivity contribution in [3.8, 4) is 0 Å². The Hall–Kier alpha value is -1.60. The van der Waals surface area contributed by atoms with Crippen LogP contribution in [0.4, 0.5) is 0 Å². The van der Waals surface area contributed by atoms with Gasteiger partial charge in [-0.1, -0.05) is 54.6 Å². The van der Waals surface area contributed by atoms with Gasteiger partial charge in [-0.2, -0.15) is 0 Å². The smallest absolute Gasteiger partial charge is 0.0538 e. The molecule has 0 saturated carbocycles. The molecule has 1 heterocycles. The molecule has 0 fully saturated rings. The van der Waals surface area contributed by atoms with E-state index >= 15 is 0 Å². The van der Waals surface area contributed by atoms with Crippen LogP contribution in [0.25, 0.3) is 0 Å². The Kier molecular flexibility index (Phi) is 2.93. The maximum atomic E-state index is 4.77. The highest BCUT2D eigenvalue weighted by atomic mass is 14.9. The zero-order valence-electron chi connectivity index (χ0n) is 9.84. The molecule has 1 aliphatic heterocycles. The van der Waals surface area contributed by atoms with Crippen LogP contribution in [0.1, 0.15) is 22.7 Å². The second-order valence-corrected chi connectivity index (χ2v) is 4.56. The Labute approximate surface area is 102 Å². The van der Waals surface area contributed by atoms with E-state index in [1.807, 2.05) is 0 Å². The van der Waals surface area contributed by atoms with E-state index in [2.05, 4.69) is 54.6 Å². The molecule has 0 N–H and O–H groups in total. The molecule has 1 radical (unpaired) electrons. The molecule has 1 nitrogen and oxygen atoms in total. The molecule has 1 atom stereocenters. The zero-order chi connectivity index (χ0) is 11.5. The molecule has 3 rings (SSSR count). The van der Waals surface area contributed by atoms with Crippen molar-refractivity contribution in [3.05, 3.63) is 71.3 Å². The van der Waals surface area contributed by atoms with Crippen LogP contribution in [-0.2, 0) is 12.8 Å². The summed E-state index contributed by atoms with van der Waals surface area (Å²) >= 11 is 0. The van der Waals surface area contributed by atoms with Crippen molar-refractivity contribution in [2.75, 3.05) is 6.54 Å². The van der Waals surface area contributed by atoms with Gasteiger partial charge in [0.05, 0.1) is 6.04 Å². The van der Waals surface area contributed by atoms with Crippen LogP contribution in [-0.4, -0.2) is 6.54 Å². The summed E-state index contributed by atoms with van der Waals surface area (Å²) in [6.07, 6.45) is 2.12. The quantitative estimate of drug-likeness (QED) is 0.741. The molecule has 1 heteroatoms. The summed E-state index contributed by atoms with van der Waals surface area (Å²) < 4.78 is 0. The first-order chi connectivity index (χ1) is 8.43. The molecule has 2 aromatic rings. The maximum absolute atomic E-state index is 4.77. The topological polar surface area (TPSA) is 14.1 Å². The molecule has 17 heavy (non-hydrogen) atoms. The number of fused-ring (bicyclic) bond motifs is 1. The average molecular weight is 222 g/mol. The first-order valence-corrected chi connectivity index (χ1v) is 6.22. The van der Waals surface area contributed by atoms with Crippen molar-refractivity contribution in [1.29, 1.82) is 0 Å². The fourth-order valence-electron chi connectivity index (χ4n) is 2.54. The molecule has 2 aromatic carbocycles. The lowest BCUT2D eigenvalue weighted by atomic mass is 9.90. The Morgan fingerprint density at radius 2 is 1.71 bits per heavy atom. The van der Waals surface area contributed by atoms with Crippen molar-refractivity contribution in [2.45, 2.75) is 18.9 Å². The van der Waals surface area contributed by atoms with Crippen LogP contribution in [0, 0.1) is 0 Å². The van der Waals surface area contributed by atoms with Gasteiger partial charge in [0.25, 0.3) is 0 Å². The summed E-state index contributed by atoms with van der Waals surface area (Å²) in [5, 5.41) is 4.77. The summed E-state index contributed by atoms with van der Waals surface area (Å²) in [6.45, 7) is 0.967. The summed E-state index contributed by atoms with van der Waals surface area (Å²) in [5.74, 6) is 0. The zero-order valence-corrected chi connectivity index (χ0v) is 9.84. The SMILES string of the molecule is c1ccc(CC2[N]CCc3ccccc32)cc1. The van der Waals surface area contributed by atoms with Crippen molar-refractivity contribution >= 4 is 0 Å². The van der Waals surface area contributed by atoms with E-state index in [0.717, 1.165) is 19.4 Å². The van der Waals surface area contributed by atoms with Crippen LogP contribution in [0.3, 0.4) is 0 Å². The van der Waals surface area contributed by atoms with Crippen molar-refractivity contribution in [2.24, 2.45) is 0 Å². The van der Waals surface area contributed by atoms with Crippen molar-refractivity contribution in [3.63, 3.8) is 0 Å². The largest absolute Gasteiger partial charge is 0.233 e. The lowest BCUT2D eigenvalue weighted by molar-refractivity contribution is 0.491. The molecule has 0 aromatic heterocycles. The molecule has 85 valence electrons. The molecule has 0 spiro atoms. The molecule has 0 amide bonds. The van der Waals surface area contributed by atoms with Gasteiger partial charge in [-0.15, -0.1) is 0 Å². The van der Waals surface area contributed by atoms with E-state index in [-0.39, 0.29) is 0 Å². The minimum atomic E-state index is 0.349. The third-order valence-corrected chi connectivity index (χ3v) is 3.42. The van der Waals surface area contributed by atoms with Crippen molar-refractivity contribution in [1.82, 2.24) is 5.32 Å². The first kappa shape index (κ1) is 10.5. The van der Waals surface area contributed by atoms with Gasteiger partial charge < -0.3 is 0 Å². The lowest BCUT2D eigenvalue weighted by Crippen LogP contribution is -2.25. The standard InChI is InChI=1S/C16H16N/c1-2-6-13(7-3-1)12-16-15-9-5-4-8-14(15)10-11-17-16/h1-9,16H,10-12H2. The van der Waals surface area contributed by atoms with Crippen LogP contribution in [0.15, 0.2) is 54.6 Å². The number of rotatable bonds is 2. The highest BCUT2D eigenvalue weighted by Crippen LogP contribution is 2.26. The summed E-state index contributed by atoms with van der Waals surface area (Å²) in [7, 11) is 0. The van der Waals surface area contributed by atoms with Gasteiger partial charge in [-0.05, 0) is 29.5 Å². The Morgan fingerprint density at radius 1 is 0.941 bits per heavy atom. The second-order valence-electron chi connectivity index (χ2n) is 4.56. The highest BCUT2D eigenvalue weighted by Gasteiger charge is 2.20. The van der Waals surface area contributed by atoms with Gasteiger partial charge >= 0.3 is 0 Å². The first-order valence-electron chi connectivity index (χ1n) is 6.22. The van der Waals surface area contributed by atoms with Crippen LogP contribution >= 0.6 is 0 Å². The van der Waals surface area contributed by atoms with Gasteiger partial charge in [0.15, 0.2) is 0 Å². The summed E-state index contributed by atoms with van der Waals surface area (Å²) in [4.78, 5) is 0. The summed E-state index contributed by atoms with van der Waals surface area (Å²) in [5.41, 5.74) is 4.27. The van der Waals surface area contributed by atoms with Crippen LogP contribution in [0.2, 0.25) is 0 Å². The Morgan fingerprint density at radius 3 is 2.59 bits per heavy atom. The predicted molar refractivity (Wildman–Crippen MR) is 70.0 cm³/mol. The fraction of sp³-hybridized carbons (Fsp3) is 0.250. The molecule has 0 saturated heterocycles. The van der Waals surface area contributed by atoms with Gasteiger partial charge in [-0.25, -0.2) is 5.32 Å². The Balaban J connectivity index is 1.86. The number of hydrogen-bond donors (Lipinski definition) is 0. The Bertz CT molecular complexity index is 490. The van der Waals surface area contributed by atoms with E-state index in [4.69, 9.17) is 5.32 Å². The lowest BCUT2D eigenvalue weighted by Gasteiger charge is -2.25. The van der Waals surface area contributed by atoms with E-state index in [1.165, 1.54) is 16.7 Å². The molecule has 0 bridgehead atoms. The number of nitrogens with zero attached hydrogens (tertiary/aromatic N) is 1. The molecule has 0 aliphatic carbocycles. The van der Waals surface area contributed by atoms with Gasteiger partial charge in [0.2, 0.25) is 0 Å². The minimum absolute atomic E-state index is 0.349. The number of hydrogen-bond acceptors (Lipinski definition) is 0. The highest BCUT2D eigenvalue weighted by molar-refractivity contribution is 5.33. The molecular formula is C16H16N. The van der Waals surface area contributed by atoms with E-state index in [9.17, 15) is 0 Å². The molecule has 1 aliphatic rings. The second kappa shape index (κ2) is 4.72. The normalized spacial score (nSPS) is 18.7. The third-order valence-electron chi connectivity index (χ3n) is 3.42. The molecule has 1 unspecified atom stereocenters. The average Bonchev–Trinajstić information content (AvgIpc) is 2.40. The third kappa shape index (κ3) is 2.25. The maximum Gasteiger partial charge on any atom is 0.0538 e. The molecular weight excluding hydrogens is 206 g/mol. The van der Waals surface area contributed by atoms with Crippen LogP contribution < -0.4 is 5.32 Å². The minimum Gasteiger partial charge on any atom is -0.233 e. The fourth-order valence-corrected chi connectivity index (χ4v) is 2.54. The van der Waals surface area contributed by atoms with Gasteiger partial charge in [-0.3, -0.25) is 0 Å². The van der Waals surface area contributed by atoms with Gasteiger partial charge in [0.1, 0.15) is 0 Å². The number of benzene rings is 2.